The van der Waals surface area contributed by atoms with Gasteiger partial charge in [0.05, 0.1) is 13.7 Å². The smallest absolute Gasteiger partial charge is 0.272 e. The molecule has 74 valence electrons. The summed E-state index contributed by atoms with van der Waals surface area (Å²) in [7, 11) is 1.37. The van der Waals surface area contributed by atoms with Crippen LogP contribution in [0.15, 0.2) is 0 Å². The number of hydrogen-bond acceptors (Lipinski definition) is 3. The fourth-order valence-electron chi connectivity index (χ4n) is 0.881. The Morgan fingerprint density at radius 2 is 1.83 bits per heavy atom. The topological polar surface area (TPSA) is 35.5 Å². The van der Waals surface area contributed by atoms with Crippen molar-refractivity contribution in [3.8, 4) is 0 Å². The van der Waals surface area contributed by atoms with Gasteiger partial charge in [-0.1, -0.05) is 32.6 Å². The fraction of sp³-hybridized carbons (Fsp3) is 1.00. The van der Waals surface area contributed by atoms with E-state index in [9.17, 15) is 4.21 Å². The molecular weight excluding hydrogens is 176 g/mol. The average Bonchev–Trinajstić information content (AvgIpc) is 2.10. The number of hydrogen-bond donors (Lipinski definition) is 0. The van der Waals surface area contributed by atoms with Crippen molar-refractivity contribution in [1.29, 1.82) is 0 Å². The Kier molecular flexibility index (Phi) is 9.21. The minimum Gasteiger partial charge on any atom is -0.272 e. The third-order valence-corrected chi connectivity index (χ3v) is 2.19. The first-order chi connectivity index (χ1) is 5.81. The summed E-state index contributed by atoms with van der Waals surface area (Å²) < 4.78 is 19.8. The standard InChI is InChI=1S/C8H18O3S/c1-3-4-5-6-7-8-11-12(9)10-2/h3-8H2,1-2H3. The van der Waals surface area contributed by atoms with Gasteiger partial charge in [-0.2, -0.15) is 4.21 Å². The van der Waals surface area contributed by atoms with Crippen molar-refractivity contribution in [2.75, 3.05) is 13.7 Å². The lowest BCUT2D eigenvalue weighted by Crippen LogP contribution is -2.00. The lowest BCUT2D eigenvalue weighted by molar-refractivity contribution is 0.274. The van der Waals surface area contributed by atoms with Crippen LogP contribution in [0.2, 0.25) is 0 Å². The van der Waals surface area contributed by atoms with E-state index in [4.69, 9.17) is 4.18 Å². The maximum absolute atomic E-state index is 10.6. The second kappa shape index (κ2) is 9.16. The Hall–Kier alpha value is 0.0700. The van der Waals surface area contributed by atoms with Crippen molar-refractivity contribution in [3.63, 3.8) is 0 Å². The highest BCUT2D eigenvalue weighted by molar-refractivity contribution is 7.75. The van der Waals surface area contributed by atoms with Crippen molar-refractivity contribution in [2.45, 2.75) is 39.0 Å². The van der Waals surface area contributed by atoms with Gasteiger partial charge in [0.15, 0.2) is 0 Å². The molecule has 0 aliphatic carbocycles. The Bertz CT molecular complexity index is 117. The molecule has 1 atom stereocenters. The zero-order valence-corrected chi connectivity index (χ0v) is 8.69. The van der Waals surface area contributed by atoms with Gasteiger partial charge in [0, 0.05) is 0 Å². The van der Waals surface area contributed by atoms with Gasteiger partial charge in [0.25, 0.3) is 0 Å². The fourth-order valence-corrected chi connectivity index (χ4v) is 1.23. The summed E-state index contributed by atoms with van der Waals surface area (Å²) in [5.41, 5.74) is 0. The van der Waals surface area contributed by atoms with E-state index in [0.29, 0.717) is 6.61 Å². The van der Waals surface area contributed by atoms with Crippen LogP contribution in [0.5, 0.6) is 0 Å². The molecule has 0 rings (SSSR count). The molecule has 0 aliphatic heterocycles. The molecule has 0 aromatic heterocycles. The second-order valence-corrected chi connectivity index (χ2v) is 3.58. The van der Waals surface area contributed by atoms with E-state index in [1.165, 1.54) is 26.4 Å². The summed E-state index contributed by atoms with van der Waals surface area (Å²) in [5, 5.41) is 0. The normalized spacial score (nSPS) is 13.2. The predicted molar refractivity (Wildman–Crippen MR) is 49.9 cm³/mol. The zero-order valence-electron chi connectivity index (χ0n) is 7.88. The van der Waals surface area contributed by atoms with Crippen LogP contribution in [0.1, 0.15) is 39.0 Å². The molecule has 1 unspecified atom stereocenters. The molecule has 0 spiro atoms. The van der Waals surface area contributed by atoms with Gasteiger partial charge in [-0.3, -0.25) is 8.37 Å². The van der Waals surface area contributed by atoms with Crippen LogP contribution >= 0.6 is 0 Å². The van der Waals surface area contributed by atoms with E-state index in [1.54, 1.807) is 0 Å². The molecule has 0 radical (unpaired) electrons. The molecule has 0 saturated heterocycles. The van der Waals surface area contributed by atoms with Crippen molar-refractivity contribution in [3.05, 3.63) is 0 Å². The van der Waals surface area contributed by atoms with Crippen LogP contribution in [-0.4, -0.2) is 17.9 Å². The van der Waals surface area contributed by atoms with E-state index in [1.807, 2.05) is 0 Å². The molecule has 0 heterocycles. The minimum atomic E-state index is -1.53. The molecule has 4 heteroatoms. The molecule has 0 bridgehead atoms. The maximum Gasteiger partial charge on any atom is 0.304 e. The quantitative estimate of drug-likeness (QED) is 0.556. The van der Waals surface area contributed by atoms with E-state index in [2.05, 4.69) is 11.1 Å². The molecule has 0 aliphatic rings. The van der Waals surface area contributed by atoms with E-state index >= 15 is 0 Å². The lowest BCUT2D eigenvalue weighted by atomic mass is 10.2. The van der Waals surface area contributed by atoms with Crippen molar-refractivity contribution >= 4 is 11.4 Å². The van der Waals surface area contributed by atoms with Crippen molar-refractivity contribution in [2.24, 2.45) is 0 Å². The van der Waals surface area contributed by atoms with Crippen molar-refractivity contribution < 1.29 is 12.6 Å². The van der Waals surface area contributed by atoms with Crippen molar-refractivity contribution in [1.82, 2.24) is 0 Å². The Morgan fingerprint density at radius 1 is 1.17 bits per heavy atom. The molecular formula is C8H18O3S. The summed E-state index contributed by atoms with van der Waals surface area (Å²) in [5.74, 6) is 0. The van der Waals surface area contributed by atoms with Gasteiger partial charge >= 0.3 is 11.4 Å². The third kappa shape index (κ3) is 8.17. The highest BCUT2D eigenvalue weighted by atomic mass is 32.2. The highest BCUT2D eigenvalue weighted by Crippen LogP contribution is 2.02. The van der Waals surface area contributed by atoms with Gasteiger partial charge in [-0.05, 0) is 6.42 Å². The first-order valence-corrected chi connectivity index (χ1v) is 5.40. The van der Waals surface area contributed by atoms with E-state index in [-0.39, 0.29) is 0 Å². The molecule has 0 amide bonds. The Labute approximate surface area is 77.3 Å². The minimum absolute atomic E-state index is 0.532. The van der Waals surface area contributed by atoms with Gasteiger partial charge in [-0.25, -0.2) is 0 Å². The first kappa shape index (κ1) is 12.1. The second-order valence-electron chi connectivity index (χ2n) is 2.61. The van der Waals surface area contributed by atoms with Gasteiger partial charge < -0.3 is 0 Å². The number of unbranched alkanes of at least 4 members (excludes halogenated alkanes) is 4. The zero-order chi connectivity index (χ0) is 9.23. The van der Waals surface area contributed by atoms with Crippen LogP contribution < -0.4 is 0 Å². The Morgan fingerprint density at radius 3 is 2.42 bits per heavy atom. The summed E-state index contributed by atoms with van der Waals surface area (Å²) in [6, 6.07) is 0. The molecule has 0 saturated carbocycles. The summed E-state index contributed by atoms with van der Waals surface area (Å²) in [6.07, 6.45) is 5.86. The monoisotopic (exact) mass is 194 g/mol. The third-order valence-electron chi connectivity index (χ3n) is 1.56. The first-order valence-electron chi connectivity index (χ1n) is 4.40. The van der Waals surface area contributed by atoms with Gasteiger partial charge in [0.1, 0.15) is 0 Å². The SMILES string of the molecule is CCCCCCCOS(=O)OC. The van der Waals surface area contributed by atoms with Crippen LogP contribution in [0.25, 0.3) is 0 Å². The molecule has 3 nitrogen and oxygen atoms in total. The molecule has 12 heavy (non-hydrogen) atoms. The summed E-state index contributed by atoms with van der Waals surface area (Å²) >= 11 is -1.53. The van der Waals surface area contributed by atoms with Gasteiger partial charge in [-0.15, -0.1) is 0 Å². The largest absolute Gasteiger partial charge is 0.304 e. The summed E-state index contributed by atoms with van der Waals surface area (Å²) in [6.45, 7) is 2.71. The number of rotatable bonds is 8. The maximum atomic E-state index is 10.6. The molecule has 0 aromatic carbocycles. The summed E-state index contributed by atoms with van der Waals surface area (Å²) in [4.78, 5) is 0. The van der Waals surface area contributed by atoms with Crippen LogP contribution in [0.4, 0.5) is 0 Å². The average molecular weight is 194 g/mol. The van der Waals surface area contributed by atoms with Crippen LogP contribution in [0.3, 0.4) is 0 Å². The van der Waals surface area contributed by atoms with E-state index < -0.39 is 11.4 Å². The highest BCUT2D eigenvalue weighted by Gasteiger charge is 1.95. The van der Waals surface area contributed by atoms with Crippen LogP contribution in [0, 0.1) is 0 Å². The lowest BCUT2D eigenvalue weighted by Gasteiger charge is -2.00. The molecule has 0 N–H and O–H groups in total. The Balaban J connectivity index is 2.95. The van der Waals surface area contributed by atoms with Gasteiger partial charge in [0.2, 0.25) is 0 Å². The van der Waals surface area contributed by atoms with E-state index in [0.717, 1.165) is 12.8 Å². The molecule has 0 fully saturated rings. The molecule has 0 aromatic rings. The van der Waals surface area contributed by atoms with Crippen LogP contribution in [-0.2, 0) is 19.7 Å². The predicted octanol–water partition coefficient (Wildman–Crippen LogP) is 2.20.